The number of anilines is 1. The van der Waals surface area contributed by atoms with Crippen LogP contribution in [0.5, 0.6) is 0 Å². The molecule has 0 radical (unpaired) electrons. The summed E-state index contributed by atoms with van der Waals surface area (Å²) in [7, 11) is 1.87. The Morgan fingerprint density at radius 2 is 2.07 bits per heavy atom. The van der Waals surface area contributed by atoms with E-state index < -0.39 is 6.10 Å². The topological polar surface area (TPSA) is 40.5 Å². The van der Waals surface area contributed by atoms with Crippen molar-refractivity contribution >= 4 is 23.6 Å². The highest BCUT2D eigenvalue weighted by Gasteiger charge is 2.07. The number of aliphatic hydroxyl groups excluding tert-OH is 1. The Kier molecular flexibility index (Phi) is 4.59. The fourth-order valence-electron chi connectivity index (χ4n) is 1.28. The van der Waals surface area contributed by atoms with Gasteiger partial charge in [-0.25, -0.2) is 0 Å². The van der Waals surface area contributed by atoms with E-state index in [1.54, 1.807) is 12.1 Å². The van der Waals surface area contributed by atoms with Crippen LogP contribution in [0.25, 0.3) is 0 Å². The number of nitrogens with zero attached hydrogens (tertiary/aromatic N) is 1. The summed E-state index contributed by atoms with van der Waals surface area (Å²) >= 11 is 5.51. The highest BCUT2D eigenvalue weighted by atomic mass is 35.5. The van der Waals surface area contributed by atoms with Gasteiger partial charge in [0, 0.05) is 24.8 Å². The van der Waals surface area contributed by atoms with E-state index in [2.05, 4.69) is 0 Å². The lowest BCUT2D eigenvalue weighted by molar-refractivity contribution is 0.112. The molecule has 1 rings (SSSR count). The molecule has 0 fully saturated rings. The van der Waals surface area contributed by atoms with Crippen LogP contribution in [0.1, 0.15) is 10.4 Å². The van der Waals surface area contributed by atoms with Crippen molar-refractivity contribution in [3.63, 3.8) is 0 Å². The summed E-state index contributed by atoms with van der Waals surface area (Å²) in [6.07, 6.45) is 0.264. The molecular formula is C11H14ClNO2. The second-order valence-corrected chi connectivity index (χ2v) is 3.71. The lowest BCUT2D eigenvalue weighted by atomic mass is 10.2. The summed E-state index contributed by atoms with van der Waals surface area (Å²) in [6.45, 7) is 0.476. The van der Waals surface area contributed by atoms with Crippen molar-refractivity contribution in [2.75, 3.05) is 24.4 Å². The minimum Gasteiger partial charge on any atom is -0.390 e. The van der Waals surface area contributed by atoms with Crippen molar-refractivity contribution in [3.05, 3.63) is 29.8 Å². The van der Waals surface area contributed by atoms with Gasteiger partial charge in [-0.05, 0) is 24.3 Å². The number of alkyl halides is 1. The Balaban J connectivity index is 2.65. The van der Waals surface area contributed by atoms with E-state index in [0.29, 0.717) is 12.1 Å². The van der Waals surface area contributed by atoms with E-state index in [9.17, 15) is 9.90 Å². The number of benzene rings is 1. The predicted octanol–water partition coefficient (Wildman–Crippen LogP) is 1.53. The van der Waals surface area contributed by atoms with Crippen LogP contribution >= 0.6 is 11.6 Å². The fraction of sp³-hybridized carbons (Fsp3) is 0.364. The van der Waals surface area contributed by atoms with Crippen LogP contribution in [0, 0.1) is 0 Å². The Morgan fingerprint density at radius 1 is 1.47 bits per heavy atom. The minimum absolute atomic E-state index is 0.219. The zero-order chi connectivity index (χ0) is 11.3. The molecule has 0 bridgehead atoms. The van der Waals surface area contributed by atoms with Crippen molar-refractivity contribution in [2.24, 2.45) is 0 Å². The second-order valence-electron chi connectivity index (χ2n) is 3.40. The van der Waals surface area contributed by atoms with Gasteiger partial charge in [0.2, 0.25) is 0 Å². The van der Waals surface area contributed by atoms with Crippen molar-refractivity contribution in [1.82, 2.24) is 0 Å². The Labute approximate surface area is 94.3 Å². The van der Waals surface area contributed by atoms with Crippen molar-refractivity contribution in [3.8, 4) is 0 Å². The van der Waals surface area contributed by atoms with Gasteiger partial charge in [-0.15, -0.1) is 11.6 Å². The lowest BCUT2D eigenvalue weighted by Gasteiger charge is -2.21. The second kappa shape index (κ2) is 5.73. The Bertz CT molecular complexity index is 313. The number of aliphatic hydroxyl groups is 1. The third-order valence-corrected chi connectivity index (χ3v) is 2.49. The summed E-state index contributed by atoms with van der Waals surface area (Å²) in [6, 6.07) is 7.16. The molecule has 0 aliphatic rings. The smallest absolute Gasteiger partial charge is 0.150 e. The molecule has 0 saturated carbocycles. The molecule has 4 heteroatoms. The van der Waals surface area contributed by atoms with Gasteiger partial charge in [0.15, 0.2) is 0 Å². The van der Waals surface area contributed by atoms with Crippen LogP contribution in [0.4, 0.5) is 5.69 Å². The predicted molar refractivity (Wildman–Crippen MR) is 61.8 cm³/mol. The molecule has 1 atom stereocenters. The molecule has 3 nitrogen and oxygen atoms in total. The molecule has 1 aromatic carbocycles. The molecule has 1 N–H and O–H groups in total. The van der Waals surface area contributed by atoms with Crippen molar-refractivity contribution in [2.45, 2.75) is 6.10 Å². The molecule has 1 unspecified atom stereocenters. The Morgan fingerprint density at radius 3 is 2.53 bits per heavy atom. The summed E-state index contributed by atoms with van der Waals surface area (Å²) in [4.78, 5) is 12.3. The largest absolute Gasteiger partial charge is 0.390 e. The number of halogens is 1. The number of hydrogen-bond donors (Lipinski definition) is 1. The quantitative estimate of drug-likeness (QED) is 0.613. The summed E-state index contributed by atoms with van der Waals surface area (Å²) in [5.74, 6) is 0.219. The molecule has 0 heterocycles. The monoisotopic (exact) mass is 227 g/mol. The van der Waals surface area contributed by atoms with Crippen molar-refractivity contribution in [1.29, 1.82) is 0 Å². The number of likely N-dealkylation sites (N-methyl/N-ethyl adjacent to an activating group) is 1. The molecule has 0 saturated heterocycles. The molecule has 15 heavy (non-hydrogen) atoms. The van der Waals surface area contributed by atoms with Gasteiger partial charge in [-0.1, -0.05) is 0 Å². The number of carbonyl (C=O) groups excluding carboxylic acids is 1. The third kappa shape index (κ3) is 3.53. The van der Waals surface area contributed by atoms with Gasteiger partial charge in [0.1, 0.15) is 6.29 Å². The first kappa shape index (κ1) is 12.0. The van der Waals surface area contributed by atoms with Crippen LogP contribution in [0.2, 0.25) is 0 Å². The summed E-state index contributed by atoms with van der Waals surface area (Å²) < 4.78 is 0. The minimum atomic E-state index is -0.539. The molecule has 0 amide bonds. The zero-order valence-corrected chi connectivity index (χ0v) is 9.31. The highest BCUT2D eigenvalue weighted by molar-refractivity contribution is 6.18. The molecule has 82 valence electrons. The first-order valence-electron chi connectivity index (χ1n) is 4.67. The van der Waals surface area contributed by atoms with Gasteiger partial charge in [0.25, 0.3) is 0 Å². The molecule has 0 spiro atoms. The molecule has 0 aliphatic carbocycles. The number of aldehydes is 1. The van der Waals surface area contributed by atoms with E-state index in [4.69, 9.17) is 11.6 Å². The van der Waals surface area contributed by atoms with Gasteiger partial charge in [0.05, 0.1) is 12.0 Å². The fourth-order valence-corrected chi connectivity index (χ4v) is 1.38. The SMILES string of the molecule is CN(CC(O)CCl)c1ccc(C=O)cc1. The Hall–Kier alpha value is -1.06. The van der Waals surface area contributed by atoms with E-state index in [1.807, 2.05) is 24.1 Å². The molecular weight excluding hydrogens is 214 g/mol. The highest BCUT2D eigenvalue weighted by Crippen LogP contribution is 2.13. The molecule has 0 aliphatic heterocycles. The van der Waals surface area contributed by atoms with Gasteiger partial charge >= 0.3 is 0 Å². The summed E-state index contributed by atoms with van der Waals surface area (Å²) in [5.41, 5.74) is 1.59. The van der Waals surface area contributed by atoms with E-state index in [-0.39, 0.29) is 5.88 Å². The van der Waals surface area contributed by atoms with E-state index in [0.717, 1.165) is 12.0 Å². The maximum absolute atomic E-state index is 10.4. The average molecular weight is 228 g/mol. The first-order valence-corrected chi connectivity index (χ1v) is 5.21. The standard InChI is InChI=1S/C11H14ClNO2/c1-13(7-11(15)6-12)10-4-2-9(8-14)3-5-10/h2-5,8,11,15H,6-7H2,1H3. The molecule has 0 aromatic heterocycles. The summed E-state index contributed by atoms with van der Waals surface area (Å²) in [5, 5.41) is 9.36. The molecule has 1 aromatic rings. The van der Waals surface area contributed by atoms with E-state index in [1.165, 1.54) is 0 Å². The van der Waals surface area contributed by atoms with Crippen LogP contribution in [0.15, 0.2) is 24.3 Å². The maximum atomic E-state index is 10.4. The van der Waals surface area contributed by atoms with Crippen LogP contribution in [-0.2, 0) is 0 Å². The number of hydrogen-bond acceptors (Lipinski definition) is 3. The third-order valence-electron chi connectivity index (χ3n) is 2.13. The maximum Gasteiger partial charge on any atom is 0.150 e. The van der Waals surface area contributed by atoms with Crippen LogP contribution in [-0.4, -0.2) is 37.0 Å². The van der Waals surface area contributed by atoms with Gasteiger partial charge in [-0.2, -0.15) is 0 Å². The van der Waals surface area contributed by atoms with Gasteiger partial charge < -0.3 is 10.0 Å². The van der Waals surface area contributed by atoms with Crippen LogP contribution in [0.3, 0.4) is 0 Å². The first-order chi connectivity index (χ1) is 7.17. The van der Waals surface area contributed by atoms with E-state index >= 15 is 0 Å². The normalized spacial score (nSPS) is 12.2. The zero-order valence-electron chi connectivity index (χ0n) is 8.56. The van der Waals surface area contributed by atoms with Crippen molar-refractivity contribution < 1.29 is 9.90 Å². The number of carbonyl (C=O) groups is 1. The average Bonchev–Trinajstić information content (AvgIpc) is 2.29. The van der Waals surface area contributed by atoms with Crippen LogP contribution < -0.4 is 4.90 Å². The van der Waals surface area contributed by atoms with Gasteiger partial charge in [-0.3, -0.25) is 4.79 Å². The number of rotatable bonds is 5. The lowest BCUT2D eigenvalue weighted by Crippen LogP contribution is -2.29.